The molecule has 5 N–H and O–H groups in total. The summed E-state index contributed by atoms with van der Waals surface area (Å²) in [4.78, 5) is 10.0. The molecular formula is C5H6N6O. The number of hydrogen-bond donors (Lipinski definition) is 4. The highest BCUT2D eigenvalue weighted by Gasteiger charge is 2.06. The molecule has 2 aromatic heterocycles. The molecule has 0 saturated heterocycles. The van der Waals surface area contributed by atoms with E-state index in [1.54, 1.807) is 0 Å². The van der Waals surface area contributed by atoms with Crippen LogP contribution in [0.25, 0.3) is 11.2 Å². The molecule has 0 amide bonds. The number of H-pyrrole nitrogens is 1. The van der Waals surface area contributed by atoms with E-state index in [9.17, 15) is 5.21 Å². The smallest absolute Gasteiger partial charge is 0.259 e. The van der Waals surface area contributed by atoms with E-state index in [1.807, 2.05) is 0 Å². The number of imidazole rings is 1. The average Bonchev–Trinajstić information content (AvgIpc) is 2.48. The van der Waals surface area contributed by atoms with E-state index in [4.69, 9.17) is 11.1 Å². The van der Waals surface area contributed by atoms with Crippen LogP contribution in [0.3, 0.4) is 0 Å². The van der Waals surface area contributed by atoms with Gasteiger partial charge in [-0.15, -0.1) is 4.73 Å². The van der Waals surface area contributed by atoms with Gasteiger partial charge in [0, 0.05) is 0 Å². The standard InChI is InChI=1S/C5H6N6O/c6-3-2-4(9-1-8-2)11(12)5(7)10-3/h1,12H,(H,8,9)(H3,6,7,10). The molecule has 0 spiro atoms. The van der Waals surface area contributed by atoms with Gasteiger partial charge in [0.1, 0.15) is 5.52 Å². The predicted octanol–water partition coefficient (Wildman–Crippen LogP) is -0.942. The fourth-order valence-electron chi connectivity index (χ4n) is 0.954. The summed E-state index contributed by atoms with van der Waals surface area (Å²) in [6.07, 6.45) is 1.37. The molecule has 0 radical (unpaired) electrons. The molecule has 0 aliphatic heterocycles. The highest BCUT2D eigenvalue weighted by atomic mass is 16.5. The summed E-state index contributed by atoms with van der Waals surface area (Å²) in [5.41, 5.74) is 5.73. The van der Waals surface area contributed by atoms with Gasteiger partial charge in [0.2, 0.25) is 5.65 Å². The number of anilines is 1. The second-order valence-corrected chi connectivity index (χ2v) is 2.23. The number of aromatic amines is 1. The van der Waals surface area contributed by atoms with Crippen LogP contribution in [-0.2, 0) is 0 Å². The van der Waals surface area contributed by atoms with Gasteiger partial charge in [-0.2, -0.15) is 4.98 Å². The summed E-state index contributed by atoms with van der Waals surface area (Å²) in [7, 11) is 0. The lowest BCUT2D eigenvalue weighted by atomic mass is 10.5. The summed E-state index contributed by atoms with van der Waals surface area (Å²) in [5.74, 6) is 0.151. The Labute approximate surface area is 66.0 Å². The lowest BCUT2D eigenvalue weighted by Crippen LogP contribution is -2.22. The predicted molar refractivity (Wildman–Crippen MR) is 39.3 cm³/mol. The van der Waals surface area contributed by atoms with Gasteiger partial charge in [-0.3, -0.25) is 5.41 Å². The van der Waals surface area contributed by atoms with Crippen LogP contribution in [0.4, 0.5) is 5.82 Å². The molecule has 0 unspecified atom stereocenters. The van der Waals surface area contributed by atoms with E-state index in [0.29, 0.717) is 10.2 Å². The molecule has 2 heterocycles. The van der Waals surface area contributed by atoms with E-state index in [0.717, 1.165) is 0 Å². The van der Waals surface area contributed by atoms with Gasteiger partial charge in [0.25, 0.3) is 5.62 Å². The third kappa shape index (κ3) is 0.669. The number of nitrogens with two attached hydrogens (primary N) is 1. The molecule has 0 aliphatic rings. The summed E-state index contributed by atoms with van der Waals surface area (Å²) in [6.45, 7) is 0. The molecule has 2 rings (SSSR count). The van der Waals surface area contributed by atoms with Crippen LogP contribution < -0.4 is 11.4 Å². The SMILES string of the molecule is N=c1nc(N)c2[nH]cnc2n1O. The van der Waals surface area contributed by atoms with Crippen molar-refractivity contribution in [1.82, 2.24) is 19.7 Å². The molecule has 0 bridgehead atoms. The van der Waals surface area contributed by atoms with Crippen LogP contribution in [0.5, 0.6) is 0 Å². The van der Waals surface area contributed by atoms with Gasteiger partial charge in [0.15, 0.2) is 5.82 Å². The largest absolute Gasteiger partial charge is 0.423 e. The lowest BCUT2D eigenvalue weighted by molar-refractivity contribution is 0.177. The zero-order valence-corrected chi connectivity index (χ0v) is 5.94. The number of nitrogens with zero attached hydrogens (tertiary/aromatic N) is 3. The van der Waals surface area contributed by atoms with Crippen molar-refractivity contribution >= 4 is 17.0 Å². The second-order valence-electron chi connectivity index (χ2n) is 2.23. The first-order valence-corrected chi connectivity index (χ1v) is 3.15. The van der Waals surface area contributed by atoms with Crippen molar-refractivity contribution < 1.29 is 5.21 Å². The Morgan fingerprint density at radius 2 is 2.42 bits per heavy atom. The maximum atomic E-state index is 9.20. The molecule has 0 aromatic carbocycles. The fraction of sp³-hybridized carbons (Fsp3) is 0. The Kier molecular flexibility index (Phi) is 1.09. The highest BCUT2D eigenvalue weighted by molar-refractivity contribution is 5.80. The van der Waals surface area contributed by atoms with Crippen molar-refractivity contribution in [2.24, 2.45) is 0 Å². The van der Waals surface area contributed by atoms with Crippen molar-refractivity contribution in [3.05, 3.63) is 11.9 Å². The molecule has 7 heteroatoms. The summed E-state index contributed by atoms with van der Waals surface area (Å²) in [5, 5.41) is 16.3. The van der Waals surface area contributed by atoms with Gasteiger partial charge < -0.3 is 15.9 Å². The van der Waals surface area contributed by atoms with Crippen LogP contribution in [0, 0.1) is 5.41 Å². The molecule has 0 fully saturated rings. The first-order valence-electron chi connectivity index (χ1n) is 3.15. The highest BCUT2D eigenvalue weighted by Crippen LogP contribution is 2.09. The Bertz CT molecular complexity index is 482. The number of fused-ring (bicyclic) bond motifs is 1. The molecule has 7 nitrogen and oxygen atoms in total. The summed E-state index contributed by atoms with van der Waals surface area (Å²) < 4.78 is 0.558. The quantitative estimate of drug-likeness (QED) is 0.378. The molecular weight excluding hydrogens is 160 g/mol. The Balaban J connectivity index is 3.07. The maximum absolute atomic E-state index is 9.20. The number of nitrogen functional groups attached to an aromatic ring is 1. The number of rotatable bonds is 0. The molecule has 62 valence electrons. The zero-order valence-electron chi connectivity index (χ0n) is 5.94. The number of nitrogens with one attached hydrogen (secondary N) is 2. The van der Waals surface area contributed by atoms with E-state index in [-0.39, 0.29) is 17.1 Å². The summed E-state index contributed by atoms with van der Waals surface area (Å²) >= 11 is 0. The van der Waals surface area contributed by atoms with Gasteiger partial charge in [-0.1, -0.05) is 0 Å². The van der Waals surface area contributed by atoms with Crippen LogP contribution in [-0.4, -0.2) is 24.9 Å². The van der Waals surface area contributed by atoms with Crippen molar-refractivity contribution in [2.45, 2.75) is 0 Å². The molecule has 0 aliphatic carbocycles. The summed E-state index contributed by atoms with van der Waals surface area (Å²) in [6, 6.07) is 0. The number of aromatic nitrogens is 4. The average molecular weight is 166 g/mol. The zero-order chi connectivity index (χ0) is 8.72. The molecule has 2 aromatic rings. The minimum absolute atomic E-state index is 0.151. The Morgan fingerprint density at radius 3 is 3.17 bits per heavy atom. The lowest BCUT2D eigenvalue weighted by Gasteiger charge is -1.98. The van der Waals surface area contributed by atoms with Gasteiger partial charge >= 0.3 is 0 Å². The monoisotopic (exact) mass is 166 g/mol. The van der Waals surface area contributed by atoms with E-state index >= 15 is 0 Å². The third-order valence-electron chi connectivity index (χ3n) is 1.50. The molecule has 0 saturated carbocycles. The van der Waals surface area contributed by atoms with Crippen LogP contribution >= 0.6 is 0 Å². The first kappa shape index (κ1) is 6.65. The van der Waals surface area contributed by atoms with Gasteiger partial charge in [-0.25, -0.2) is 4.98 Å². The maximum Gasteiger partial charge on any atom is 0.259 e. The molecule has 0 atom stereocenters. The van der Waals surface area contributed by atoms with Crippen LogP contribution in [0.15, 0.2) is 6.33 Å². The van der Waals surface area contributed by atoms with Crippen LogP contribution in [0.1, 0.15) is 0 Å². The minimum atomic E-state index is -0.341. The Hall–Kier alpha value is -2.05. The van der Waals surface area contributed by atoms with E-state index < -0.39 is 0 Å². The van der Waals surface area contributed by atoms with E-state index in [1.165, 1.54) is 6.33 Å². The van der Waals surface area contributed by atoms with Gasteiger partial charge in [-0.05, 0) is 0 Å². The second kappa shape index (κ2) is 1.97. The first-order chi connectivity index (χ1) is 5.70. The molecule has 12 heavy (non-hydrogen) atoms. The normalized spacial score (nSPS) is 10.7. The van der Waals surface area contributed by atoms with Crippen molar-refractivity contribution in [3.63, 3.8) is 0 Å². The van der Waals surface area contributed by atoms with Crippen LogP contribution in [0.2, 0.25) is 0 Å². The van der Waals surface area contributed by atoms with Crippen molar-refractivity contribution in [1.29, 1.82) is 5.41 Å². The number of hydrogen-bond acceptors (Lipinski definition) is 5. The fourth-order valence-corrected chi connectivity index (χ4v) is 0.954. The van der Waals surface area contributed by atoms with E-state index in [2.05, 4.69) is 15.0 Å². The van der Waals surface area contributed by atoms with Crippen molar-refractivity contribution in [2.75, 3.05) is 5.73 Å². The van der Waals surface area contributed by atoms with Gasteiger partial charge in [0.05, 0.1) is 6.33 Å². The topological polar surface area (TPSA) is 117 Å². The minimum Gasteiger partial charge on any atom is -0.423 e. The Morgan fingerprint density at radius 1 is 1.67 bits per heavy atom. The van der Waals surface area contributed by atoms with Crippen molar-refractivity contribution in [3.8, 4) is 0 Å². The third-order valence-corrected chi connectivity index (χ3v) is 1.50.